The fourth-order valence-corrected chi connectivity index (χ4v) is 2.29. The van der Waals surface area contributed by atoms with Crippen LogP contribution in [0.25, 0.3) is 6.08 Å². The average Bonchev–Trinajstić information content (AvgIpc) is 2.80. The maximum Gasteiger partial charge on any atom is 0.332 e. The summed E-state index contributed by atoms with van der Waals surface area (Å²) in [5, 5.41) is 18.8. The van der Waals surface area contributed by atoms with Gasteiger partial charge in [-0.15, -0.1) is 0 Å². The number of halogens is 1. The third kappa shape index (κ3) is 2.57. The zero-order valence-corrected chi connectivity index (χ0v) is 11.5. The summed E-state index contributed by atoms with van der Waals surface area (Å²) in [5.41, 5.74) is 0.373. The van der Waals surface area contributed by atoms with Crippen LogP contribution in [0.3, 0.4) is 0 Å². The summed E-state index contributed by atoms with van der Waals surface area (Å²) in [6, 6.07) is 0. The third-order valence-corrected chi connectivity index (χ3v) is 3.40. The normalized spacial score (nSPS) is 26.5. The van der Waals surface area contributed by atoms with Gasteiger partial charge in [0.05, 0.1) is 18.3 Å². The molecule has 1 fully saturated rings. The van der Waals surface area contributed by atoms with Gasteiger partial charge in [0.2, 0.25) is 0 Å². The first-order chi connectivity index (χ1) is 9.49. The van der Waals surface area contributed by atoms with Gasteiger partial charge in [-0.25, -0.2) is 4.79 Å². The highest BCUT2D eigenvalue weighted by Gasteiger charge is 2.35. The molecule has 7 nitrogen and oxygen atoms in total. The van der Waals surface area contributed by atoms with Crippen LogP contribution in [-0.2, 0) is 11.8 Å². The summed E-state index contributed by atoms with van der Waals surface area (Å²) in [6.07, 6.45) is 0.532. The van der Waals surface area contributed by atoms with Crippen LogP contribution in [0.1, 0.15) is 18.2 Å². The predicted octanol–water partition coefficient (Wildman–Crippen LogP) is -0.603. The first-order valence-electron chi connectivity index (χ1n) is 6.03. The highest BCUT2D eigenvalue weighted by atomic mass is 35.5. The molecule has 0 radical (unpaired) electrons. The molecule has 1 aliphatic rings. The second kappa shape index (κ2) is 5.92. The van der Waals surface area contributed by atoms with Crippen molar-refractivity contribution >= 4 is 17.7 Å². The van der Waals surface area contributed by atoms with E-state index in [-0.39, 0.29) is 18.6 Å². The van der Waals surface area contributed by atoms with Crippen LogP contribution >= 0.6 is 11.6 Å². The van der Waals surface area contributed by atoms with Gasteiger partial charge >= 0.3 is 5.69 Å². The topological polar surface area (TPSA) is 93.7 Å². The quantitative estimate of drug-likeness (QED) is 0.777. The van der Waals surface area contributed by atoms with Crippen LogP contribution in [0.2, 0.25) is 0 Å². The number of aliphatic hydroxyl groups is 2. The lowest BCUT2D eigenvalue weighted by Gasteiger charge is -2.16. The van der Waals surface area contributed by atoms with E-state index in [1.165, 1.54) is 29.4 Å². The first-order valence-corrected chi connectivity index (χ1v) is 6.46. The van der Waals surface area contributed by atoms with Crippen molar-refractivity contribution < 1.29 is 14.9 Å². The highest BCUT2D eigenvalue weighted by Crippen LogP contribution is 2.27. The monoisotopic (exact) mass is 302 g/mol. The molecule has 1 aromatic heterocycles. The van der Waals surface area contributed by atoms with Crippen LogP contribution in [0.4, 0.5) is 0 Å². The molecule has 0 saturated carbocycles. The summed E-state index contributed by atoms with van der Waals surface area (Å²) in [5.74, 6) is 0. The Kier molecular flexibility index (Phi) is 4.44. The Hall–Kier alpha value is -1.41. The number of hydrogen-bond donors (Lipinski definition) is 2. The van der Waals surface area contributed by atoms with Crippen molar-refractivity contribution in [3.05, 3.63) is 38.1 Å². The third-order valence-electron chi connectivity index (χ3n) is 3.27. The van der Waals surface area contributed by atoms with Gasteiger partial charge in [0.1, 0.15) is 12.3 Å². The molecular weight excluding hydrogens is 288 g/mol. The van der Waals surface area contributed by atoms with Crippen molar-refractivity contribution in [2.45, 2.75) is 24.9 Å². The van der Waals surface area contributed by atoms with E-state index in [9.17, 15) is 14.7 Å². The molecule has 0 unspecified atom stereocenters. The number of aromatic nitrogens is 2. The molecule has 20 heavy (non-hydrogen) atoms. The molecule has 1 saturated heterocycles. The minimum atomic E-state index is -0.860. The second-order valence-electron chi connectivity index (χ2n) is 4.55. The molecule has 2 N–H and O–H groups in total. The van der Waals surface area contributed by atoms with Crippen LogP contribution < -0.4 is 11.2 Å². The van der Waals surface area contributed by atoms with Crippen LogP contribution in [-0.4, -0.2) is 38.2 Å². The summed E-state index contributed by atoms with van der Waals surface area (Å²) in [7, 11) is 1.35. The van der Waals surface area contributed by atoms with E-state index >= 15 is 0 Å². The van der Waals surface area contributed by atoms with Crippen LogP contribution in [0.5, 0.6) is 0 Å². The number of rotatable bonds is 3. The van der Waals surface area contributed by atoms with Crippen molar-refractivity contribution in [2.75, 3.05) is 6.61 Å². The van der Waals surface area contributed by atoms with Crippen LogP contribution in [0, 0.1) is 0 Å². The fourth-order valence-electron chi connectivity index (χ4n) is 2.15. The van der Waals surface area contributed by atoms with Crippen molar-refractivity contribution in [1.82, 2.24) is 9.13 Å². The predicted molar refractivity (Wildman–Crippen MR) is 72.4 cm³/mol. The van der Waals surface area contributed by atoms with Crippen molar-refractivity contribution in [3.8, 4) is 0 Å². The maximum atomic E-state index is 12.1. The van der Waals surface area contributed by atoms with E-state index < -0.39 is 29.7 Å². The van der Waals surface area contributed by atoms with Crippen molar-refractivity contribution in [3.63, 3.8) is 0 Å². The van der Waals surface area contributed by atoms with Gasteiger partial charge in [0.25, 0.3) is 5.56 Å². The lowest BCUT2D eigenvalue weighted by Crippen LogP contribution is -2.40. The molecule has 3 atom stereocenters. The van der Waals surface area contributed by atoms with E-state index in [1.807, 2.05) is 0 Å². The van der Waals surface area contributed by atoms with E-state index in [2.05, 4.69) is 0 Å². The number of ether oxygens (including phenoxy) is 1. The highest BCUT2D eigenvalue weighted by molar-refractivity contribution is 6.27. The molecule has 0 aromatic carbocycles. The molecule has 8 heteroatoms. The molecule has 0 aliphatic carbocycles. The summed E-state index contributed by atoms with van der Waals surface area (Å²) >= 11 is 5.46. The second-order valence-corrected chi connectivity index (χ2v) is 4.80. The molecule has 2 rings (SSSR count). The fraction of sp³-hybridized carbons (Fsp3) is 0.500. The van der Waals surface area contributed by atoms with Gasteiger partial charge in [0.15, 0.2) is 0 Å². The Labute approximate surface area is 119 Å². The molecule has 0 amide bonds. The minimum absolute atomic E-state index is 0.160. The number of aliphatic hydroxyl groups excluding tert-OH is 2. The zero-order chi connectivity index (χ0) is 14.9. The largest absolute Gasteiger partial charge is 0.394 e. The number of nitrogens with zero attached hydrogens (tertiary/aromatic N) is 2. The SMILES string of the molecule is Cn1c(=O)c(/C=C/Cl)cn([C@H]2C[C@H](O)[C@@H](CO)O2)c1=O. The Morgan fingerprint density at radius 3 is 2.80 bits per heavy atom. The van der Waals surface area contributed by atoms with E-state index in [1.54, 1.807) is 0 Å². The van der Waals surface area contributed by atoms with Crippen molar-refractivity contribution in [1.29, 1.82) is 0 Å². The standard InChI is InChI=1S/C12H15ClN2O5/c1-14-11(18)7(2-3-13)5-15(12(14)19)10-4-8(17)9(6-16)20-10/h2-3,5,8-10,16-17H,4,6H2,1H3/b3-2+/t8-,9+,10+/m0/s1. The Morgan fingerprint density at radius 2 is 2.25 bits per heavy atom. The molecule has 0 spiro atoms. The molecule has 1 aromatic rings. The maximum absolute atomic E-state index is 12.1. The van der Waals surface area contributed by atoms with Gasteiger partial charge in [-0.3, -0.25) is 13.9 Å². The molecular formula is C12H15ClN2O5. The molecule has 110 valence electrons. The van der Waals surface area contributed by atoms with E-state index in [0.29, 0.717) is 0 Å². The Balaban J connectivity index is 2.48. The summed E-state index contributed by atoms with van der Waals surface area (Å²) < 4.78 is 7.56. The smallest absolute Gasteiger partial charge is 0.332 e. The van der Waals surface area contributed by atoms with Gasteiger partial charge in [-0.1, -0.05) is 11.6 Å². The molecule has 1 aliphatic heterocycles. The van der Waals surface area contributed by atoms with Gasteiger partial charge in [0, 0.05) is 25.2 Å². The average molecular weight is 303 g/mol. The minimum Gasteiger partial charge on any atom is -0.394 e. The molecule has 2 heterocycles. The first kappa shape index (κ1) is 15.0. The summed E-state index contributed by atoms with van der Waals surface area (Å²) in [4.78, 5) is 23.9. The number of hydrogen-bond acceptors (Lipinski definition) is 5. The zero-order valence-electron chi connectivity index (χ0n) is 10.8. The Morgan fingerprint density at radius 1 is 1.55 bits per heavy atom. The van der Waals surface area contributed by atoms with Gasteiger partial charge < -0.3 is 14.9 Å². The lowest BCUT2D eigenvalue weighted by atomic mass is 10.2. The van der Waals surface area contributed by atoms with Crippen LogP contribution in [0.15, 0.2) is 21.3 Å². The molecule has 0 bridgehead atoms. The van der Waals surface area contributed by atoms with Gasteiger partial charge in [-0.05, 0) is 6.08 Å². The Bertz CT molecular complexity index is 636. The van der Waals surface area contributed by atoms with E-state index in [4.69, 9.17) is 21.4 Å². The van der Waals surface area contributed by atoms with Crippen molar-refractivity contribution in [2.24, 2.45) is 7.05 Å². The summed E-state index contributed by atoms with van der Waals surface area (Å²) in [6.45, 7) is -0.341. The van der Waals surface area contributed by atoms with Gasteiger partial charge in [-0.2, -0.15) is 0 Å². The van der Waals surface area contributed by atoms with E-state index in [0.717, 1.165) is 4.57 Å². The lowest BCUT2D eigenvalue weighted by molar-refractivity contribution is -0.0462.